The Morgan fingerprint density at radius 2 is 2.11 bits per heavy atom. The lowest BCUT2D eigenvalue weighted by atomic mass is 10.4. The molecule has 0 aliphatic heterocycles. The third-order valence-electron chi connectivity index (χ3n) is 2.35. The minimum atomic E-state index is -2.07. The van der Waals surface area contributed by atoms with Crippen LogP contribution in [-0.2, 0) is 21.1 Å². The van der Waals surface area contributed by atoms with Crippen molar-refractivity contribution in [1.29, 1.82) is 0 Å². The maximum Gasteiger partial charge on any atom is 0.213 e. The third-order valence-corrected chi connectivity index (χ3v) is 9.80. The van der Waals surface area contributed by atoms with E-state index in [-0.39, 0.29) is 0 Å². The van der Waals surface area contributed by atoms with Gasteiger partial charge in [0, 0.05) is 25.5 Å². The van der Waals surface area contributed by atoms with Gasteiger partial charge in [0.2, 0.25) is 5.62 Å². The molecule has 0 aromatic rings. The summed E-state index contributed by atoms with van der Waals surface area (Å²) in [5, 5.41) is 0.488. The van der Waals surface area contributed by atoms with Crippen LogP contribution >= 0.6 is 29.2 Å². The van der Waals surface area contributed by atoms with E-state index in [1.54, 1.807) is 24.0 Å². The fourth-order valence-electron chi connectivity index (χ4n) is 1.23. The van der Waals surface area contributed by atoms with Gasteiger partial charge in [0.05, 0.1) is 12.1 Å². The minimum absolute atomic E-state index is 0.488. The Bertz CT molecular complexity index is 279. The number of rotatable bonds is 11. The Morgan fingerprint density at radius 3 is 2.56 bits per heavy atom. The Morgan fingerprint density at radius 1 is 1.44 bits per heavy atom. The van der Waals surface area contributed by atoms with Gasteiger partial charge in [0.1, 0.15) is 0 Å². The van der Waals surface area contributed by atoms with Crippen LogP contribution in [0.15, 0.2) is 0 Å². The molecular formula is C11H24NO2PS3. The lowest BCUT2D eigenvalue weighted by molar-refractivity contribution is 0.191. The van der Waals surface area contributed by atoms with Crippen molar-refractivity contribution in [3.8, 4) is 0 Å². The molecule has 0 heterocycles. The highest BCUT2D eigenvalue weighted by Crippen LogP contribution is 2.64. The Labute approximate surface area is 126 Å². The van der Waals surface area contributed by atoms with Crippen LogP contribution in [0.3, 0.4) is 0 Å². The molecule has 0 rings (SSSR count). The van der Waals surface area contributed by atoms with Crippen LogP contribution in [0.1, 0.15) is 33.6 Å². The summed E-state index contributed by atoms with van der Waals surface area (Å²) in [6, 6.07) is 0. The summed E-state index contributed by atoms with van der Waals surface area (Å²) >= 11 is 12.6. The molecule has 0 aromatic carbocycles. The molecule has 0 radical (unpaired) electrons. The molecule has 0 bridgehead atoms. The van der Waals surface area contributed by atoms with Crippen molar-refractivity contribution >= 4 is 46.5 Å². The Balaban J connectivity index is 4.68. The van der Waals surface area contributed by atoms with E-state index < -0.39 is 5.62 Å². The van der Waals surface area contributed by atoms with Gasteiger partial charge in [-0.1, -0.05) is 37.4 Å². The predicted octanol–water partition coefficient (Wildman–Crippen LogP) is 4.07. The summed E-state index contributed by atoms with van der Waals surface area (Å²) in [5.41, 5.74) is -0.420. The van der Waals surface area contributed by atoms with Gasteiger partial charge in [-0.15, -0.1) is 0 Å². The van der Waals surface area contributed by atoms with Crippen LogP contribution in [0, 0.1) is 0 Å². The largest absolute Gasteiger partial charge is 0.385 e. The molecule has 18 heavy (non-hydrogen) atoms. The second-order valence-electron chi connectivity index (χ2n) is 3.83. The topological polar surface area (TPSA) is 21.7 Å². The smallest absolute Gasteiger partial charge is 0.213 e. The van der Waals surface area contributed by atoms with Gasteiger partial charge in [0.15, 0.2) is 0 Å². The minimum Gasteiger partial charge on any atom is -0.385 e. The summed E-state index contributed by atoms with van der Waals surface area (Å²) in [7, 11) is 1.70. The summed E-state index contributed by atoms with van der Waals surface area (Å²) in [6.07, 6.45) is 2.00. The van der Waals surface area contributed by atoms with Crippen molar-refractivity contribution in [1.82, 2.24) is 4.67 Å². The average Bonchev–Trinajstić information content (AvgIpc) is 2.34. The first kappa shape index (κ1) is 18.8. The predicted molar refractivity (Wildman–Crippen MR) is 90.1 cm³/mol. The van der Waals surface area contributed by atoms with Gasteiger partial charge < -0.3 is 13.9 Å². The van der Waals surface area contributed by atoms with E-state index in [2.05, 4.69) is 13.8 Å². The first-order valence-corrected chi connectivity index (χ1v) is 10.8. The molecule has 0 saturated heterocycles. The van der Waals surface area contributed by atoms with E-state index in [1.807, 2.05) is 11.6 Å². The summed E-state index contributed by atoms with van der Waals surface area (Å²) < 4.78 is 13.0. The van der Waals surface area contributed by atoms with E-state index in [9.17, 15) is 0 Å². The van der Waals surface area contributed by atoms with Gasteiger partial charge in [-0.25, -0.2) is 0 Å². The molecule has 0 aromatic heterocycles. The highest BCUT2D eigenvalue weighted by Gasteiger charge is 2.27. The molecule has 0 aliphatic carbocycles. The second-order valence-corrected chi connectivity index (χ2v) is 11.1. The third kappa shape index (κ3) is 6.83. The number of thiocarbonyl (C=S) groups is 1. The molecule has 0 saturated carbocycles. The van der Waals surface area contributed by atoms with Crippen LogP contribution in [0.5, 0.6) is 0 Å². The number of ether oxygens (including phenoxy) is 1. The number of methoxy groups -OCH3 is 1. The highest BCUT2D eigenvalue weighted by atomic mass is 32.9. The van der Waals surface area contributed by atoms with E-state index in [1.165, 1.54) is 0 Å². The molecule has 0 amide bonds. The molecule has 108 valence electrons. The Kier molecular flexibility index (Phi) is 11.1. The number of hydrogen-bond donors (Lipinski definition) is 0. The zero-order valence-corrected chi connectivity index (χ0v) is 15.0. The summed E-state index contributed by atoms with van der Waals surface area (Å²) in [6.45, 7) is 8.48. The fourth-order valence-corrected chi connectivity index (χ4v) is 8.94. The molecular weight excluding hydrogens is 305 g/mol. The number of hydrogen-bond acceptors (Lipinski definition) is 5. The van der Waals surface area contributed by atoms with E-state index in [0.717, 1.165) is 26.0 Å². The highest BCUT2D eigenvalue weighted by molar-refractivity contribution is 8.69. The first-order valence-electron chi connectivity index (χ1n) is 6.18. The van der Waals surface area contributed by atoms with Crippen molar-refractivity contribution in [3.63, 3.8) is 0 Å². The normalized spacial score (nSPS) is 16.0. The SMILES string of the molecule is CCOP(=S)(SC(C)CC)N(C=S)CCCOC. The molecule has 7 heteroatoms. The molecule has 0 fully saturated rings. The fraction of sp³-hybridized carbons (Fsp3) is 0.909. The molecule has 2 unspecified atom stereocenters. The number of nitrogens with zero attached hydrogens (tertiary/aromatic N) is 1. The van der Waals surface area contributed by atoms with Crippen LogP contribution < -0.4 is 0 Å². The van der Waals surface area contributed by atoms with Crippen molar-refractivity contribution < 1.29 is 9.26 Å². The van der Waals surface area contributed by atoms with Crippen molar-refractivity contribution in [2.75, 3.05) is 26.9 Å². The van der Waals surface area contributed by atoms with E-state index in [4.69, 9.17) is 33.3 Å². The molecule has 3 nitrogen and oxygen atoms in total. The van der Waals surface area contributed by atoms with Gasteiger partial charge in [-0.2, -0.15) is 0 Å². The van der Waals surface area contributed by atoms with Crippen molar-refractivity contribution in [3.05, 3.63) is 0 Å². The van der Waals surface area contributed by atoms with Gasteiger partial charge in [0.25, 0.3) is 0 Å². The molecule has 0 N–H and O–H groups in total. The van der Waals surface area contributed by atoms with E-state index in [0.29, 0.717) is 11.9 Å². The standard InChI is InChI=1S/C11H24NO2PS3/c1-5-11(3)18-15(17,14-6-2)12(10-16)8-7-9-13-4/h10-11H,5-9H2,1-4H3. The molecule has 0 aliphatic rings. The lowest BCUT2D eigenvalue weighted by Crippen LogP contribution is -2.21. The summed E-state index contributed by atoms with van der Waals surface area (Å²) in [4.78, 5) is 0. The average molecular weight is 329 g/mol. The van der Waals surface area contributed by atoms with Crippen molar-refractivity contribution in [2.45, 2.75) is 38.9 Å². The van der Waals surface area contributed by atoms with Crippen molar-refractivity contribution in [2.24, 2.45) is 0 Å². The first-order chi connectivity index (χ1) is 8.53. The zero-order chi connectivity index (χ0) is 14.0. The lowest BCUT2D eigenvalue weighted by Gasteiger charge is -2.33. The van der Waals surface area contributed by atoms with Crippen LogP contribution in [0.4, 0.5) is 0 Å². The quantitative estimate of drug-likeness (QED) is 0.321. The maximum atomic E-state index is 5.86. The maximum absolute atomic E-state index is 5.86. The van der Waals surface area contributed by atoms with Gasteiger partial charge in [-0.3, -0.25) is 0 Å². The summed E-state index contributed by atoms with van der Waals surface area (Å²) in [5.74, 6) is 0. The zero-order valence-electron chi connectivity index (χ0n) is 11.6. The van der Waals surface area contributed by atoms with Crippen LogP contribution in [0.2, 0.25) is 0 Å². The monoisotopic (exact) mass is 329 g/mol. The molecule has 0 spiro atoms. The van der Waals surface area contributed by atoms with E-state index >= 15 is 0 Å². The Hall–Kier alpha value is 0.810. The second kappa shape index (κ2) is 10.6. The molecule has 2 atom stereocenters. The van der Waals surface area contributed by atoms with Crippen LogP contribution in [-0.4, -0.2) is 42.3 Å². The van der Waals surface area contributed by atoms with Crippen LogP contribution in [0.25, 0.3) is 0 Å². The van der Waals surface area contributed by atoms with Gasteiger partial charge >= 0.3 is 0 Å². The van der Waals surface area contributed by atoms with Gasteiger partial charge in [-0.05, 0) is 31.6 Å².